The molecule has 0 saturated carbocycles. The first-order valence-corrected chi connectivity index (χ1v) is 4.94. The molecule has 0 unspecified atom stereocenters. The van der Waals surface area contributed by atoms with Crippen LogP contribution >= 0.6 is 0 Å². The molecule has 0 bridgehead atoms. The Balaban J connectivity index is 0. The van der Waals surface area contributed by atoms with Gasteiger partial charge in [-0.2, -0.15) is 0 Å². The van der Waals surface area contributed by atoms with Crippen LogP contribution in [0, 0.1) is 0 Å². The highest BCUT2D eigenvalue weighted by atomic mass is 79.9. The number of hydrogen-bond donors (Lipinski definition) is 1. The summed E-state index contributed by atoms with van der Waals surface area (Å²) >= 11 is 0. The Kier molecular flexibility index (Phi) is 14.1. The summed E-state index contributed by atoms with van der Waals surface area (Å²) in [6.07, 6.45) is 13.8. The molecule has 2 nitrogen and oxygen atoms in total. The van der Waals surface area contributed by atoms with Gasteiger partial charge in [-0.1, -0.05) is 32.4 Å². The van der Waals surface area contributed by atoms with Crippen LogP contribution in [0.1, 0.15) is 33.1 Å². The number of unbranched alkanes of at least 4 members (excludes halogenated alkanes) is 1. The number of rotatable bonds is 3. The van der Waals surface area contributed by atoms with Crippen LogP contribution in [0.5, 0.6) is 0 Å². The lowest BCUT2D eigenvalue weighted by atomic mass is 10.3. The van der Waals surface area contributed by atoms with Crippen LogP contribution in [0.25, 0.3) is 0 Å². The average molecular weight is 261 g/mol. The molecule has 1 N–H and O–H groups in total. The lowest BCUT2D eigenvalue weighted by molar-refractivity contribution is -0.670. The Morgan fingerprint density at radius 2 is 2.00 bits per heavy atom. The minimum Gasteiger partial charge on any atom is -1.00 e. The molecule has 1 rings (SSSR count). The number of nitrogens with zero attached hydrogens (tertiary/aromatic N) is 1. The number of aryl methyl sites for hydroxylation is 1. The Bertz CT molecular complexity index is 205. The Labute approximate surface area is 97.8 Å². The Morgan fingerprint density at radius 1 is 1.29 bits per heavy atom. The minimum atomic E-state index is 0. The minimum absolute atomic E-state index is 0. The summed E-state index contributed by atoms with van der Waals surface area (Å²) in [5.74, 6) is 0. The highest BCUT2D eigenvalue weighted by molar-refractivity contribution is 4.78. The van der Waals surface area contributed by atoms with Gasteiger partial charge in [0.2, 0.25) is 6.33 Å². The van der Waals surface area contributed by atoms with E-state index < -0.39 is 0 Å². The first kappa shape index (κ1) is 15.9. The number of halogens is 1. The first-order valence-electron chi connectivity index (χ1n) is 4.94. The third kappa shape index (κ3) is 11.4. The molecule has 1 heterocycles. The van der Waals surface area contributed by atoms with Crippen molar-refractivity contribution >= 4 is 0 Å². The predicted octanol–water partition coefficient (Wildman–Crippen LogP) is -0.404. The summed E-state index contributed by atoms with van der Waals surface area (Å²) in [6, 6.07) is 0. The quantitative estimate of drug-likeness (QED) is 0.564. The van der Waals surface area contributed by atoms with Crippen molar-refractivity contribution in [3.05, 3.63) is 30.9 Å². The predicted molar refractivity (Wildman–Crippen MR) is 56.3 cm³/mol. The lowest BCUT2D eigenvalue weighted by Gasteiger charge is -1.79. The molecule has 0 aromatic carbocycles. The van der Waals surface area contributed by atoms with Gasteiger partial charge in [0.15, 0.2) is 0 Å². The Morgan fingerprint density at radius 3 is 2.29 bits per heavy atom. The second kappa shape index (κ2) is 12.4. The zero-order valence-corrected chi connectivity index (χ0v) is 10.9. The number of nitrogens with one attached hydrogen (secondary N) is 1. The zero-order chi connectivity index (χ0) is 9.94. The fraction of sp³-hybridized carbons (Fsp3) is 0.545. The normalized spacial score (nSPS) is 9.07. The first-order chi connectivity index (χ1) is 6.31. The second-order valence-corrected chi connectivity index (χ2v) is 2.95. The molecule has 14 heavy (non-hydrogen) atoms. The van der Waals surface area contributed by atoms with Gasteiger partial charge in [-0.3, -0.25) is 4.98 Å². The van der Waals surface area contributed by atoms with Crippen molar-refractivity contribution < 1.29 is 21.5 Å². The van der Waals surface area contributed by atoms with Gasteiger partial charge < -0.3 is 17.0 Å². The third-order valence-corrected chi connectivity index (χ3v) is 1.54. The number of aromatic amines is 1. The van der Waals surface area contributed by atoms with E-state index in [0.29, 0.717) is 0 Å². The van der Waals surface area contributed by atoms with E-state index in [0.717, 1.165) is 0 Å². The molecule has 1 aromatic heterocycles. The van der Waals surface area contributed by atoms with Crippen molar-refractivity contribution in [1.82, 2.24) is 4.98 Å². The van der Waals surface area contributed by atoms with Crippen LogP contribution < -0.4 is 21.5 Å². The van der Waals surface area contributed by atoms with Crippen molar-refractivity contribution in [2.45, 2.75) is 33.1 Å². The van der Waals surface area contributed by atoms with E-state index in [4.69, 9.17) is 0 Å². The number of aromatic nitrogens is 2. The molecule has 0 atom stereocenters. The zero-order valence-electron chi connectivity index (χ0n) is 9.33. The third-order valence-electron chi connectivity index (χ3n) is 1.54. The second-order valence-electron chi connectivity index (χ2n) is 2.95. The molecular formula is C11H21BrN2. The molecule has 0 aliphatic carbocycles. The maximum atomic E-state index is 2.89. The molecule has 0 aliphatic heterocycles. The van der Waals surface area contributed by atoms with Crippen LogP contribution in [0.4, 0.5) is 0 Å². The molecule has 0 spiro atoms. The molecule has 0 aliphatic rings. The van der Waals surface area contributed by atoms with Gasteiger partial charge in [0.05, 0.1) is 7.05 Å². The molecule has 0 saturated heterocycles. The largest absolute Gasteiger partial charge is 1.00 e. The summed E-state index contributed by atoms with van der Waals surface area (Å²) in [4.78, 5) is 2.89. The number of hydrogen-bond acceptors (Lipinski definition) is 0. The van der Waals surface area contributed by atoms with Gasteiger partial charge in [0, 0.05) is 0 Å². The van der Waals surface area contributed by atoms with E-state index in [9.17, 15) is 0 Å². The van der Waals surface area contributed by atoms with Gasteiger partial charge in [0.1, 0.15) is 12.4 Å². The molecule has 82 valence electrons. The fourth-order valence-electron chi connectivity index (χ4n) is 0.815. The molecular weight excluding hydrogens is 240 g/mol. The van der Waals surface area contributed by atoms with Crippen LogP contribution in [-0.2, 0) is 7.05 Å². The summed E-state index contributed by atoms with van der Waals surface area (Å²) in [6.45, 7) is 4.35. The highest BCUT2D eigenvalue weighted by Gasteiger charge is 1.78. The molecule has 0 radical (unpaired) electrons. The van der Waals surface area contributed by atoms with Crippen molar-refractivity contribution in [2.75, 3.05) is 0 Å². The van der Waals surface area contributed by atoms with E-state index in [1.165, 1.54) is 19.3 Å². The summed E-state index contributed by atoms with van der Waals surface area (Å²) < 4.78 is 1.94. The van der Waals surface area contributed by atoms with Gasteiger partial charge in [0.25, 0.3) is 0 Å². The van der Waals surface area contributed by atoms with E-state index >= 15 is 0 Å². The SMILES string of the molecule is CCC=CCCC.C[n+]1cc[nH]c1.[Br-]. The van der Waals surface area contributed by atoms with Gasteiger partial charge >= 0.3 is 0 Å². The van der Waals surface area contributed by atoms with Crippen LogP contribution in [0.2, 0.25) is 0 Å². The standard InChI is InChI=1S/C7H14.C4H6N2.BrH/c1-3-5-7-6-4-2;1-6-3-2-5-4-6;/h5,7H,3-4,6H2,1-2H3;2-4H,1H3;1H. The summed E-state index contributed by atoms with van der Waals surface area (Å²) in [7, 11) is 1.97. The van der Waals surface area contributed by atoms with Gasteiger partial charge in [-0.25, -0.2) is 4.57 Å². The Hall–Kier alpha value is -0.570. The van der Waals surface area contributed by atoms with E-state index in [2.05, 4.69) is 31.0 Å². The maximum Gasteiger partial charge on any atom is 0.241 e. The fourth-order valence-corrected chi connectivity index (χ4v) is 0.815. The van der Waals surface area contributed by atoms with Gasteiger partial charge in [-0.15, -0.1) is 0 Å². The molecule has 3 heteroatoms. The molecule has 0 fully saturated rings. The van der Waals surface area contributed by atoms with E-state index in [1.54, 1.807) is 0 Å². The smallest absolute Gasteiger partial charge is 0.241 e. The molecule has 1 aromatic rings. The van der Waals surface area contributed by atoms with E-state index in [1.807, 2.05) is 30.3 Å². The van der Waals surface area contributed by atoms with Crippen molar-refractivity contribution in [3.63, 3.8) is 0 Å². The summed E-state index contributed by atoms with van der Waals surface area (Å²) in [5, 5.41) is 0. The molecule has 0 amide bonds. The van der Waals surface area contributed by atoms with Crippen LogP contribution in [-0.4, -0.2) is 4.98 Å². The number of allylic oxidation sites excluding steroid dienone is 2. The average Bonchev–Trinajstić information content (AvgIpc) is 2.58. The number of imidazole rings is 1. The van der Waals surface area contributed by atoms with Crippen LogP contribution in [0.3, 0.4) is 0 Å². The van der Waals surface area contributed by atoms with E-state index in [-0.39, 0.29) is 17.0 Å². The summed E-state index contributed by atoms with van der Waals surface area (Å²) in [5.41, 5.74) is 0. The maximum absolute atomic E-state index is 2.89. The van der Waals surface area contributed by atoms with Crippen LogP contribution in [0.15, 0.2) is 30.9 Å². The number of H-pyrrole nitrogens is 1. The topological polar surface area (TPSA) is 19.7 Å². The highest BCUT2D eigenvalue weighted by Crippen LogP contribution is 1.88. The van der Waals surface area contributed by atoms with Crippen molar-refractivity contribution in [2.24, 2.45) is 7.05 Å². The van der Waals surface area contributed by atoms with Crippen molar-refractivity contribution in [1.29, 1.82) is 0 Å². The lowest BCUT2D eigenvalue weighted by Crippen LogP contribution is -3.00. The monoisotopic (exact) mass is 260 g/mol. The van der Waals surface area contributed by atoms with Crippen molar-refractivity contribution in [3.8, 4) is 0 Å². The van der Waals surface area contributed by atoms with Gasteiger partial charge in [-0.05, 0) is 12.8 Å².